The Morgan fingerprint density at radius 3 is 1.82 bits per heavy atom. The molecule has 5 heteroatoms. The Balaban J connectivity index is 1.24. The molecule has 0 spiro atoms. The van der Waals surface area contributed by atoms with Crippen LogP contribution in [0, 0.1) is 5.41 Å². The number of aliphatic imine (C=N–C) groups is 2. The number of benzene rings is 7. The summed E-state index contributed by atoms with van der Waals surface area (Å²) < 4.78 is 9.00. The second kappa shape index (κ2) is 12.8. The molecule has 0 atom stereocenters. The van der Waals surface area contributed by atoms with Gasteiger partial charge in [0.05, 0.1) is 0 Å². The van der Waals surface area contributed by atoms with Crippen LogP contribution in [0.1, 0.15) is 23.6 Å². The minimum Gasteiger partial charge on any atom is -0.456 e. The maximum Gasteiger partial charge on any atom is 0.162 e. The first-order chi connectivity index (χ1) is 25.1. The molecule has 0 aliphatic heterocycles. The molecule has 9 aromatic rings. The van der Waals surface area contributed by atoms with E-state index >= 15 is 0 Å². The first kappa shape index (κ1) is 30.6. The lowest BCUT2D eigenvalue weighted by Crippen LogP contribution is -2.08. The van der Waals surface area contributed by atoms with Gasteiger partial charge in [0.25, 0.3) is 0 Å². The molecule has 0 amide bonds. The van der Waals surface area contributed by atoms with Gasteiger partial charge in [0, 0.05) is 47.8 Å². The number of rotatable bonds is 5. The van der Waals surface area contributed by atoms with Crippen molar-refractivity contribution in [3.05, 3.63) is 180 Å². The van der Waals surface area contributed by atoms with Crippen molar-refractivity contribution in [2.75, 3.05) is 0 Å². The summed E-state index contributed by atoms with van der Waals surface area (Å²) in [5.74, 6) is 0.607. The highest BCUT2D eigenvalue weighted by atomic mass is 32.1. The van der Waals surface area contributed by atoms with Crippen LogP contribution in [-0.2, 0) is 0 Å². The van der Waals surface area contributed by atoms with Crippen molar-refractivity contribution >= 4 is 70.8 Å². The molecule has 7 aromatic carbocycles. The summed E-state index contributed by atoms with van der Waals surface area (Å²) in [5.41, 5.74) is 9.64. The van der Waals surface area contributed by atoms with Gasteiger partial charge in [0.15, 0.2) is 11.7 Å². The summed E-state index contributed by atoms with van der Waals surface area (Å²) in [4.78, 5) is 9.95. The maximum atomic E-state index is 8.95. The monoisotopic (exact) mass is 673 g/mol. The van der Waals surface area contributed by atoms with Crippen LogP contribution in [0.2, 0.25) is 0 Å². The first-order valence-electron chi connectivity index (χ1n) is 16.9. The average Bonchev–Trinajstić information content (AvgIpc) is 3.77. The fraction of sp³-hybridized carbons (Fsp3) is 0.0217. The number of furan rings is 1. The Labute approximate surface area is 299 Å². The second-order valence-electron chi connectivity index (χ2n) is 12.5. The normalized spacial score (nSPS) is 12.3. The minimum atomic E-state index is 0.145. The van der Waals surface area contributed by atoms with Gasteiger partial charge in [-0.3, -0.25) is 5.41 Å². The third-order valence-corrected chi connectivity index (χ3v) is 10.7. The Morgan fingerprint density at radius 1 is 0.529 bits per heavy atom. The largest absolute Gasteiger partial charge is 0.456 e. The van der Waals surface area contributed by atoms with Gasteiger partial charge >= 0.3 is 0 Å². The molecular weight excluding hydrogens is 643 g/mol. The Bertz CT molecular complexity index is 2810. The van der Waals surface area contributed by atoms with E-state index in [4.69, 9.17) is 19.8 Å². The van der Waals surface area contributed by atoms with E-state index in [1.165, 1.54) is 36.9 Å². The van der Waals surface area contributed by atoms with Gasteiger partial charge in [0.1, 0.15) is 11.2 Å². The molecule has 2 aromatic heterocycles. The smallest absolute Gasteiger partial charge is 0.162 e. The highest BCUT2D eigenvalue weighted by Crippen LogP contribution is 2.44. The van der Waals surface area contributed by atoms with E-state index in [9.17, 15) is 0 Å². The third-order valence-electron chi connectivity index (χ3n) is 9.39. The molecule has 4 nitrogen and oxygen atoms in total. The highest BCUT2D eigenvalue weighted by molar-refractivity contribution is 7.26. The van der Waals surface area contributed by atoms with E-state index in [1.807, 2.05) is 97.1 Å². The predicted molar refractivity (Wildman–Crippen MR) is 216 cm³/mol. The summed E-state index contributed by atoms with van der Waals surface area (Å²) in [6, 6.07) is 55.9. The molecule has 0 unspecified atom stereocenters. The van der Waals surface area contributed by atoms with E-state index in [0.29, 0.717) is 5.84 Å². The molecular formula is C46H31N3OS. The number of hydrogen-bond donors (Lipinski definition) is 1. The van der Waals surface area contributed by atoms with Crippen molar-refractivity contribution in [3.8, 4) is 22.3 Å². The third kappa shape index (κ3) is 5.54. The van der Waals surface area contributed by atoms with Crippen LogP contribution < -0.4 is 0 Å². The molecule has 0 aliphatic carbocycles. The first-order valence-corrected chi connectivity index (χ1v) is 17.7. The fourth-order valence-electron chi connectivity index (χ4n) is 6.89. The van der Waals surface area contributed by atoms with E-state index in [-0.39, 0.29) is 5.84 Å². The molecule has 51 heavy (non-hydrogen) atoms. The number of thiophene rings is 1. The summed E-state index contributed by atoms with van der Waals surface area (Å²) in [7, 11) is 0. The van der Waals surface area contributed by atoms with E-state index in [1.54, 1.807) is 0 Å². The van der Waals surface area contributed by atoms with Crippen LogP contribution in [0.4, 0.5) is 0 Å². The van der Waals surface area contributed by atoms with Crippen molar-refractivity contribution < 1.29 is 4.42 Å². The van der Waals surface area contributed by atoms with E-state index in [0.717, 1.165) is 49.9 Å². The molecule has 2 heterocycles. The summed E-state index contributed by atoms with van der Waals surface area (Å²) >= 11 is 1.85. The van der Waals surface area contributed by atoms with Crippen molar-refractivity contribution in [1.82, 2.24) is 0 Å². The van der Waals surface area contributed by atoms with Crippen LogP contribution in [0.25, 0.3) is 64.4 Å². The summed E-state index contributed by atoms with van der Waals surface area (Å²) in [6.07, 6.45) is 0. The van der Waals surface area contributed by atoms with Crippen LogP contribution >= 0.6 is 11.3 Å². The number of nitrogens with zero attached hydrogens (tertiary/aromatic N) is 2. The van der Waals surface area contributed by atoms with E-state index < -0.39 is 0 Å². The van der Waals surface area contributed by atoms with Crippen LogP contribution in [0.3, 0.4) is 0 Å². The van der Waals surface area contributed by atoms with Crippen molar-refractivity contribution in [2.45, 2.75) is 6.92 Å². The number of fused-ring (bicyclic) bond motifs is 6. The maximum absolute atomic E-state index is 8.95. The standard InChI is InChI=1S/C46H31N3OS/c1-29(30-14-5-2-6-15-30)48-46(49-45(47)32-18-9-4-10-19-32)38-24-13-25-41-42(38)39-28-33(26-27-40(39)50-41)35-21-12-23-37-36-22-11-20-34(43(36)51-44(35)37)31-16-7-3-8-17-31/h2-28,47H,1H3. The Kier molecular flexibility index (Phi) is 7.68. The van der Waals surface area contributed by atoms with Crippen LogP contribution in [-0.4, -0.2) is 17.4 Å². The lowest BCUT2D eigenvalue weighted by atomic mass is 9.98. The predicted octanol–water partition coefficient (Wildman–Crippen LogP) is 12.6. The quantitative estimate of drug-likeness (QED) is 0.143. The molecule has 0 fully saturated rings. The Morgan fingerprint density at radius 2 is 1.14 bits per heavy atom. The van der Waals surface area contributed by atoms with E-state index in [2.05, 4.69) is 84.9 Å². The van der Waals surface area contributed by atoms with Crippen LogP contribution in [0.15, 0.2) is 178 Å². The minimum absolute atomic E-state index is 0.145. The van der Waals surface area contributed by atoms with Gasteiger partial charge in [-0.2, -0.15) is 0 Å². The van der Waals surface area contributed by atoms with Gasteiger partial charge in [0.2, 0.25) is 0 Å². The topological polar surface area (TPSA) is 61.7 Å². The summed E-state index contributed by atoms with van der Waals surface area (Å²) in [5, 5.41) is 13.4. The molecule has 0 bridgehead atoms. The molecule has 0 radical (unpaired) electrons. The van der Waals surface area contributed by atoms with Gasteiger partial charge in [-0.05, 0) is 52.9 Å². The highest BCUT2D eigenvalue weighted by Gasteiger charge is 2.19. The van der Waals surface area contributed by atoms with Crippen molar-refractivity contribution in [2.24, 2.45) is 9.98 Å². The van der Waals surface area contributed by atoms with Gasteiger partial charge in [-0.1, -0.05) is 146 Å². The lowest BCUT2D eigenvalue weighted by molar-refractivity contribution is 0.669. The van der Waals surface area contributed by atoms with Gasteiger partial charge in [-0.25, -0.2) is 9.98 Å². The number of amidine groups is 2. The molecule has 0 saturated carbocycles. The Hall–Kier alpha value is -6.43. The zero-order valence-electron chi connectivity index (χ0n) is 27.8. The number of hydrogen-bond acceptors (Lipinski definition) is 3. The second-order valence-corrected chi connectivity index (χ2v) is 13.6. The van der Waals surface area contributed by atoms with Gasteiger partial charge < -0.3 is 4.42 Å². The average molecular weight is 674 g/mol. The SMILES string of the molecule is CC(=NC(=NC(=N)c1ccccc1)c1cccc2oc3ccc(-c4cccc5c4sc4c(-c6ccccc6)cccc45)cc3c12)c1ccccc1. The van der Waals surface area contributed by atoms with Crippen LogP contribution in [0.5, 0.6) is 0 Å². The fourth-order valence-corrected chi connectivity index (χ4v) is 8.26. The lowest BCUT2D eigenvalue weighted by Gasteiger charge is -2.08. The van der Waals surface area contributed by atoms with Crippen molar-refractivity contribution in [3.63, 3.8) is 0 Å². The van der Waals surface area contributed by atoms with Crippen molar-refractivity contribution in [1.29, 1.82) is 5.41 Å². The molecule has 242 valence electrons. The summed E-state index contributed by atoms with van der Waals surface area (Å²) in [6.45, 7) is 1.98. The zero-order chi connectivity index (χ0) is 34.3. The molecule has 0 aliphatic rings. The molecule has 0 saturated heterocycles. The number of nitrogens with one attached hydrogen (secondary N) is 1. The molecule has 9 rings (SSSR count). The van der Waals surface area contributed by atoms with Gasteiger partial charge in [-0.15, -0.1) is 11.3 Å². The zero-order valence-corrected chi connectivity index (χ0v) is 28.6. The molecule has 1 N–H and O–H groups in total.